The lowest BCUT2D eigenvalue weighted by Crippen LogP contribution is -2.01. The maximum absolute atomic E-state index is 12.6. The van der Waals surface area contributed by atoms with Gasteiger partial charge in [0.1, 0.15) is 17.2 Å². The van der Waals surface area contributed by atoms with Crippen molar-refractivity contribution in [2.75, 3.05) is 0 Å². The minimum absolute atomic E-state index is 0. The van der Waals surface area contributed by atoms with Crippen molar-refractivity contribution in [3.8, 4) is 0 Å². The molecule has 0 unspecified atom stereocenters. The lowest BCUT2D eigenvalue weighted by Gasteiger charge is -1.96. The van der Waals surface area contributed by atoms with Crippen molar-refractivity contribution in [2.24, 2.45) is 0 Å². The highest BCUT2D eigenvalue weighted by Gasteiger charge is 2.12. The zero-order valence-corrected chi connectivity index (χ0v) is 22.2. The first kappa shape index (κ1) is 31.1. The van der Waals surface area contributed by atoms with E-state index in [1.807, 2.05) is 38.1 Å². The van der Waals surface area contributed by atoms with Crippen LogP contribution in [0.4, 0.5) is 5.69 Å². The summed E-state index contributed by atoms with van der Waals surface area (Å²) in [6.07, 6.45) is 2.74. The fraction of sp³-hybridized carbons (Fsp3) is 0.125. The van der Waals surface area contributed by atoms with E-state index in [0.717, 1.165) is 28.1 Å². The van der Waals surface area contributed by atoms with E-state index in [9.17, 15) is 19.7 Å². The van der Waals surface area contributed by atoms with Crippen molar-refractivity contribution < 1.29 is 4.92 Å². The van der Waals surface area contributed by atoms with Crippen LogP contribution in [-0.2, 0) is 0 Å². The molecule has 2 aromatic heterocycles. The van der Waals surface area contributed by atoms with Crippen molar-refractivity contribution in [1.82, 2.24) is 9.97 Å². The first-order chi connectivity index (χ1) is 18.6. The molecule has 0 saturated carbocycles. The van der Waals surface area contributed by atoms with E-state index in [0.29, 0.717) is 37.1 Å². The molecule has 0 bridgehead atoms. The van der Waals surface area contributed by atoms with Crippen molar-refractivity contribution in [1.29, 1.82) is 0 Å². The summed E-state index contributed by atoms with van der Waals surface area (Å²) in [6.45, 7) is 3.81. The molecule has 41 heavy (non-hydrogen) atoms. The predicted molar refractivity (Wildman–Crippen MR) is 171 cm³/mol. The van der Waals surface area contributed by atoms with Crippen LogP contribution in [0.5, 0.6) is 0 Å². The molecule has 0 aliphatic rings. The van der Waals surface area contributed by atoms with Gasteiger partial charge in [-0.25, -0.2) is 4.98 Å². The molecule has 0 atom stereocenters. The molecule has 0 saturated heterocycles. The summed E-state index contributed by atoms with van der Waals surface area (Å²) in [6, 6.07) is 19.1. The zero-order valence-electron chi connectivity index (χ0n) is 20.7. The Bertz CT molecular complexity index is 2100. The highest BCUT2D eigenvalue weighted by Crippen LogP contribution is 2.24. The van der Waals surface area contributed by atoms with Crippen LogP contribution in [0.25, 0.3) is 43.4 Å². The number of hydrogen-bond donors (Lipinski definition) is 0. The molecule has 0 spiro atoms. The molecule has 0 radical (unpaired) electrons. The Labute approximate surface area is 246 Å². The van der Waals surface area contributed by atoms with Gasteiger partial charge in [0.05, 0.1) is 4.92 Å². The number of pyridine rings is 2. The van der Waals surface area contributed by atoms with E-state index in [-0.39, 0.29) is 36.9 Å². The number of aryl methyl sites for hydroxylation is 2. The van der Waals surface area contributed by atoms with Crippen LogP contribution in [0.15, 0.2) is 88.7 Å². The van der Waals surface area contributed by atoms with E-state index in [2.05, 4.69) is 9.97 Å². The Morgan fingerprint density at radius 1 is 0.683 bits per heavy atom. The van der Waals surface area contributed by atoms with Crippen LogP contribution in [0.2, 0.25) is 10.0 Å². The number of fused-ring (bicyclic) bond motifs is 4. The third kappa shape index (κ3) is 6.01. The van der Waals surface area contributed by atoms with Gasteiger partial charge in [0, 0.05) is 43.9 Å². The molecule has 2 heterocycles. The van der Waals surface area contributed by atoms with Gasteiger partial charge in [-0.2, -0.15) is 0 Å². The van der Waals surface area contributed by atoms with Gasteiger partial charge in [0.15, 0.2) is 0 Å². The molecule has 0 amide bonds. The zero-order chi connectivity index (χ0) is 27.8. The largest absolute Gasteiger partial charge is 0.288 e. The maximum Gasteiger partial charge on any atom is 0.288 e. The van der Waals surface area contributed by atoms with Gasteiger partial charge in [-0.05, 0) is 90.3 Å². The summed E-state index contributed by atoms with van der Waals surface area (Å²) in [4.78, 5) is 43.5. The second-order valence-electron chi connectivity index (χ2n) is 9.02. The van der Waals surface area contributed by atoms with Crippen molar-refractivity contribution in [2.45, 2.75) is 28.7 Å². The van der Waals surface area contributed by atoms with E-state index in [1.54, 1.807) is 42.6 Å². The lowest BCUT2D eigenvalue weighted by atomic mass is 10.1. The van der Waals surface area contributed by atoms with E-state index >= 15 is 0 Å². The third-order valence-corrected chi connectivity index (χ3v) is 6.90. The highest BCUT2D eigenvalue weighted by atomic mass is 35.5. The summed E-state index contributed by atoms with van der Waals surface area (Å²) < 4.78 is 0. The topological polar surface area (TPSA) is 103 Å². The molecular weight excluding hydrogens is 561 g/mol. The summed E-state index contributed by atoms with van der Waals surface area (Å²) >= 11 is 12.0. The van der Waals surface area contributed by atoms with E-state index in [4.69, 9.17) is 23.2 Å². The quantitative estimate of drug-likeness (QED) is 0.141. The molecule has 9 heteroatoms. The fourth-order valence-electron chi connectivity index (χ4n) is 4.55. The monoisotopic (exact) mass is 587 g/mol. The van der Waals surface area contributed by atoms with E-state index < -0.39 is 4.92 Å². The third-order valence-electron chi connectivity index (χ3n) is 6.43. The molecule has 4 aromatic carbocycles. The Balaban J connectivity index is 0.000000217. The van der Waals surface area contributed by atoms with Gasteiger partial charge in [-0.15, -0.1) is 0 Å². The average Bonchev–Trinajstić information content (AvgIpc) is 3.09. The first-order valence-corrected chi connectivity index (χ1v) is 12.5. The number of hydrogen-bond acceptors (Lipinski definition) is 6. The van der Waals surface area contributed by atoms with Crippen LogP contribution >= 0.6 is 23.2 Å². The number of halogens is 2. The van der Waals surface area contributed by atoms with Crippen LogP contribution in [-0.4, -0.2) is 14.9 Å². The van der Waals surface area contributed by atoms with Gasteiger partial charge in [0.2, 0.25) is 10.9 Å². The lowest BCUT2D eigenvalue weighted by molar-refractivity contribution is -0.385. The molecule has 0 fully saturated rings. The predicted octanol–water partition coefficient (Wildman–Crippen LogP) is 8.60. The second kappa shape index (κ2) is 12.4. The molecule has 6 rings (SSSR count). The Hall–Kier alpha value is -4.46. The standard InChI is InChI=1S/C15H9ClN2O3.C15H10ClNO.2CH4/c1-8-4-9-5-11(18(20)21)7-17-14(9)15(19)12-3-2-10(16)6-13(8)12;1-9-7-10-3-2-6-17-14(10)15(18)12-5-4-11(16)8-13(9)12;;/h2-7H,1H3;2-8H,1H3;2*1H4. The maximum atomic E-state index is 12.6. The molecule has 7 nitrogen and oxygen atoms in total. The number of aromatic nitrogens is 2. The van der Waals surface area contributed by atoms with Gasteiger partial charge < -0.3 is 0 Å². The molecule has 208 valence electrons. The molecule has 0 aliphatic carbocycles. The van der Waals surface area contributed by atoms with Gasteiger partial charge in [-0.3, -0.25) is 24.7 Å². The van der Waals surface area contributed by atoms with Crippen LogP contribution in [0.1, 0.15) is 26.0 Å². The molecule has 0 aliphatic heterocycles. The molecule has 0 N–H and O–H groups in total. The summed E-state index contributed by atoms with van der Waals surface area (Å²) in [7, 11) is 0. The minimum Gasteiger partial charge on any atom is -0.287 e. The Morgan fingerprint density at radius 3 is 1.73 bits per heavy atom. The molecular formula is C32H27Cl2N3O4. The summed E-state index contributed by atoms with van der Waals surface area (Å²) in [5.74, 6) is 0. The second-order valence-corrected chi connectivity index (χ2v) is 9.90. The number of benzene rings is 2. The van der Waals surface area contributed by atoms with Crippen molar-refractivity contribution >= 4 is 72.2 Å². The van der Waals surface area contributed by atoms with Gasteiger partial charge >= 0.3 is 0 Å². The minimum atomic E-state index is -0.532. The van der Waals surface area contributed by atoms with Crippen molar-refractivity contribution in [3.63, 3.8) is 0 Å². The fourth-order valence-corrected chi connectivity index (χ4v) is 4.90. The number of rotatable bonds is 1. The van der Waals surface area contributed by atoms with Crippen LogP contribution in [0.3, 0.4) is 0 Å². The summed E-state index contributed by atoms with van der Waals surface area (Å²) in [5.41, 5.74) is 2.08. The van der Waals surface area contributed by atoms with Gasteiger partial charge in [-0.1, -0.05) is 44.1 Å². The SMILES string of the molecule is C.C.Cc1cc2cc([N+](=O)[O-])cnc2c(=O)c2ccc(Cl)cc12.Cc1cc2cccnc2c(=O)c2ccc(Cl)cc12. The number of nitro groups is 1. The number of nitrogens with zero attached hydrogens (tertiary/aromatic N) is 3. The highest BCUT2D eigenvalue weighted by molar-refractivity contribution is 6.31. The Kier molecular flexibility index (Phi) is 9.38. The van der Waals surface area contributed by atoms with Crippen LogP contribution in [0, 0.1) is 24.0 Å². The normalized spacial score (nSPS) is 10.4. The Morgan fingerprint density at radius 2 is 1.20 bits per heavy atom. The van der Waals surface area contributed by atoms with E-state index in [1.165, 1.54) is 6.07 Å². The smallest absolute Gasteiger partial charge is 0.287 e. The van der Waals surface area contributed by atoms with Crippen LogP contribution < -0.4 is 10.9 Å². The van der Waals surface area contributed by atoms with Crippen molar-refractivity contribution in [3.05, 3.63) is 131 Å². The first-order valence-electron chi connectivity index (χ1n) is 11.8. The van der Waals surface area contributed by atoms with Gasteiger partial charge in [0.25, 0.3) is 5.69 Å². The summed E-state index contributed by atoms with van der Waals surface area (Å²) in [5, 5.41) is 16.0. The molecule has 6 aromatic rings. The average molecular weight is 588 g/mol.